The minimum atomic E-state index is 0.642. The Balaban J connectivity index is 1.09. The van der Waals surface area contributed by atoms with E-state index >= 15 is 0 Å². The highest BCUT2D eigenvalue weighted by Crippen LogP contribution is 2.43. The zero-order valence-corrected chi connectivity index (χ0v) is 28.9. The molecule has 0 aliphatic heterocycles. The lowest BCUT2D eigenvalue weighted by Crippen LogP contribution is -1.96. The number of aromatic nitrogens is 3. The van der Waals surface area contributed by atoms with Crippen molar-refractivity contribution in [1.29, 1.82) is 0 Å². The van der Waals surface area contributed by atoms with E-state index in [9.17, 15) is 0 Å². The van der Waals surface area contributed by atoms with Crippen LogP contribution in [0.3, 0.4) is 0 Å². The van der Waals surface area contributed by atoms with Gasteiger partial charge in [-0.15, -0.1) is 0 Å². The van der Waals surface area contributed by atoms with Crippen LogP contribution in [0.2, 0.25) is 0 Å². The predicted molar refractivity (Wildman–Crippen MR) is 219 cm³/mol. The molecule has 11 rings (SSSR count). The van der Waals surface area contributed by atoms with E-state index in [1.54, 1.807) is 0 Å². The second kappa shape index (κ2) is 12.1. The highest BCUT2D eigenvalue weighted by atomic mass is 16.3. The number of pyridine rings is 1. The number of hydrogen-bond donors (Lipinski definition) is 0. The van der Waals surface area contributed by atoms with Gasteiger partial charge >= 0.3 is 0 Å². The molecule has 54 heavy (non-hydrogen) atoms. The van der Waals surface area contributed by atoms with E-state index in [0.717, 1.165) is 105 Å². The summed E-state index contributed by atoms with van der Waals surface area (Å²) in [5.74, 6) is 0.642. The van der Waals surface area contributed by atoms with Gasteiger partial charge in [0.1, 0.15) is 22.3 Å². The van der Waals surface area contributed by atoms with Crippen molar-refractivity contribution in [1.82, 2.24) is 15.0 Å². The van der Waals surface area contributed by atoms with Gasteiger partial charge in [0.05, 0.1) is 16.9 Å². The third-order valence-electron chi connectivity index (χ3n) is 10.4. The number of fused-ring (bicyclic) bond motifs is 7. The molecule has 0 unspecified atom stereocenters. The van der Waals surface area contributed by atoms with Gasteiger partial charge in [-0.1, -0.05) is 121 Å². The molecule has 252 valence electrons. The summed E-state index contributed by atoms with van der Waals surface area (Å²) < 4.78 is 12.9. The molecule has 0 saturated heterocycles. The maximum absolute atomic E-state index is 6.75. The maximum atomic E-state index is 6.75. The van der Waals surface area contributed by atoms with E-state index < -0.39 is 0 Å². The van der Waals surface area contributed by atoms with E-state index in [2.05, 4.69) is 120 Å². The van der Waals surface area contributed by atoms with Crippen LogP contribution in [0.15, 0.2) is 185 Å². The highest BCUT2D eigenvalue weighted by Gasteiger charge is 2.20. The van der Waals surface area contributed by atoms with Crippen LogP contribution in [-0.2, 0) is 0 Å². The molecule has 0 atom stereocenters. The Labute approximate surface area is 309 Å². The molecule has 0 radical (unpaired) electrons. The fraction of sp³-hybridized carbons (Fsp3) is 0. The summed E-state index contributed by atoms with van der Waals surface area (Å²) in [7, 11) is 0. The van der Waals surface area contributed by atoms with Gasteiger partial charge in [-0.25, -0.2) is 9.97 Å². The molecule has 4 heterocycles. The van der Waals surface area contributed by atoms with Crippen molar-refractivity contribution in [3.63, 3.8) is 0 Å². The van der Waals surface area contributed by atoms with E-state index in [-0.39, 0.29) is 0 Å². The third-order valence-corrected chi connectivity index (χ3v) is 10.4. The molecule has 0 bridgehead atoms. The molecule has 0 saturated carbocycles. The Morgan fingerprint density at radius 2 is 1.06 bits per heavy atom. The van der Waals surface area contributed by atoms with E-state index in [0.29, 0.717) is 5.82 Å². The Hall–Kier alpha value is -7.37. The summed E-state index contributed by atoms with van der Waals surface area (Å²) >= 11 is 0. The topological polar surface area (TPSA) is 65.0 Å². The Morgan fingerprint density at radius 3 is 1.93 bits per heavy atom. The van der Waals surface area contributed by atoms with Crippen molar-refractivity contribution < 1.29 is 8.83 Å². The molecule has 0 N–H and O–H groups in total. The Bertz CT molecular complexity index is 3210. The van der Waals surface area contributed by atoms with Crippen LogP contribution in [0, 0.1) is 0 Å². The van der Waals surface area contributed by atoms with Gasteiger partial charge in [0.15, 0.2) is 5.82 Å². The molecule has 11 aromatic rings. The first kappa shape index (κ1) is 30.3. The van der Waals surface area contributed by atoms with Crippen LogP contribution in [0.5, 0.6) is 0 Å². The zero-order chi connectivity index (χ0) is 35.6. The highest BCUT2D eigenvalue weighted by molar-refractivity contribution is 6.17. The van der Waals surface area contributed by atoms with Crippen molar-refractivity contribution in [2.75, 3.05) is 0 Å². The second-order valence-corrected chi connectivity index (χ2v) is 13.6. The van der Waals surface area contributed by atoms with E-state index in [1.807, 2.05) is 60.8 Å². The summed E-state index contributed by atoms with van der Waals surface area (Å²) in [6, 6.07) is 58.4. The molecule has 0 amide bonds. The fourth-order valence-electron chi connectivity index (χ4n) is 7.79. The average Bonchev–Trinajstić information content (AvgIpc) is 3.82. The number of hydrogen-bond acceptors (Lipinski definition) is 5. The largest absolute Gasteiger partial charge is 0.456 e. The first-order chi connectivity index (χ1) is 26.7. The van der Waals surface area contributed by atoms with Gasteiger partial charge in [0, 0.05) is 49.8 Å². The molecule has 0 spiro atoms. The minimum absolute atomic E-state index is 0.642. The number of para-hydroxylation sites is 2. The monoisotopic (exact) mass is 691 g/mol. The van der Waals surface area contributed by atoms with Crippen LogP contribution in [0.25, 0.3) is 111 Å². The van der Waals surface area contributed by atoms with Crippen LogP contribution in [0.1, 0.15) is 0 Å². The van der Waals surface area contributed by atoms with Crippen LogP contribution >= 0.6 is 0 Å². The summed E-state index contributed by atoms with van der Waals surface area (Å²) in [6.45, 7) is 0. The first-order valence-electron chi connectivity index (χ1n) is 18.0. The smallest absolute Gasteiger partial charge is 0.160 e. The quantitative estimate of drug-likeness (QED) is 0.180. The van der Waals surface area contributed by atoms with Crippen molar-refractivity contribution in [3.8, 4) is 56.2 Å². The van der Waals surface area contributed by atoms with E-state index in [4.69, 9.17) is 18.8 Å². The molecule has 7 aromatic carbocycles. The standard InChI is InChI=1S/C49H29N3O2/c1-2-10-31(11-3-1)42-29-43(52-49(51-42)32-21-19-30(20-22-32)34-14-8-16-41-36(34)15-9-27-50-41)38-25-24-35(47-39-13-5-7-18-45(39)54-48(38)47)33-23-26-46-40(28-33)37-12-4-6-17-44(37)53-46/h1-29H. The lowest BCUT2D eigenvalue weighted by molar-refractivity contribution is 0.669. The number of furan rings is 2. The van der Waals surface area contributed by atoms with Crippen LogP contribution in [0.4, 0.5) is 0 Å². The van der Waals surface area contributed by atoms with Gasteiger partial charge in [-0.05, 0) is 70.8 Å². The van der Waals surface area contributed by atoms with Gasteiger partial charge in [0.2, 0.25) is 0 Å². The molecule has 0 aliphatic rings. The van der Waals surface area contributed by atoms with Gasteiger partial charge in [-0.2, -0.15) is 0 Å². The fourth-order valence-corrected chi connectivity index (χ4v) is 7.79. The van der Waals surface area contributed by atoms with Crippen molar-refractivity contribution in [2.45, 2.75) is 0 Å². The molecule has 0 aliphatic carbocycles. The van der Waals surface area contributed by atoms with Crippen molar-refractivity contribution in [2.24, 2.45) is 0 Å². The van der Waals surface area contributed by atoms with Crippen molar-refractivity contribution >= 4 is 54.8 Å². The van der Waals surface area contributed by atoms with Gasteiger partial charge in [0.25, 0.3) is 0 Å². The van der Waals surface area contributed by atoms with Gasteiger partial charge in [-0.3, -0.25) is 4.98 Å². The predicted octanol–water partition coefficient (Wildman–Crippen LogP) is 13.2. The lowest BCUT2D eigenvalue weighted by Gasteiger charge is -2.12. The number of benzene rings is 7. The number of nitrogens with zero attached hydrogens (tertiary/aromatic N) is 3. The average molecular weight is 692 g/mol. The van der Waals surface area contributed by atoms with Crippen LogP contribution < -0.4 is 0 Å². The second-order valence-electron chi connectivity index (χ2n) is 13.6. The molecular formula is C49H29N3O2. The summed E-state index contributed by atoms with van der Waals surface area (Å²) in [5, 5.41) is 5.41. The molecule has 0 fully saturated rings. The Morgan fingerprint density at radius 1 is 0.370 bits per heavy atom. The molecule has 5 heteroatoms. The first-order valence-corrected chi connectivity index (χ1v) is 18.0. The Kier molecular flexibility index (Phi) is 6.79. The summed E-state index contributed by atoms with van der Waals surface area (Å²) in [5.41, 5.74) is 13.2. The third kappa shape index (κ3) is 4.90. The molecular weight excluding hydrogens is 663 g/mol. The minimum Gasteiger partial charge on any atom is -0.456 e. The zero-order valence-electron chi connectivity index (χ0n) is 28.9. The molecule has 4 aromatic heterocycles. The van der Waals surface area contributed by atoms with Gasteiger partial charge < -0.3 is 8.83 Å². The van der Waals surface area contributed by atoms with Crippen molar-refractivity contribution in [3.05, 3.63) is 176 Å². The lowest BCUT2D eigenvalue weighted by atomic mass is 9.95. The SMILES string of the molecule is c1ccc(-c2cc(-c3ccc(-c4ccc5oc6ccccc6c5c4)c4c3oc3ccccc34)nc(-c3ccc(-c4cccc5ncccc45)cc3)n2)cc1. The summed E-state index contributed by atoms with van der Waals surface area (Å²) in [6.07, 6.45) is 1.83. The maximum Gasteiger partial charge on any atom is 0.160 e. The summed E-state index contributed by atoms with van der Waals surface area (Å²) in [4.78, 5) is 14.9. The number of rotatable bonds is 5. The normalized spacial score (nSPS) is 11.7. The molecule has 5 nitrogen and oxygen atoms in total. The van der Waals surface area contributed by atoms with Crippen LogP contribution in [-0.4, -0.2) is 15.0 Å². The van der Waals surface area contributed by atoms with E-state index in [1.165, 1.54) is 0 Å².